The Morgan fingerprint density at radius 2 is 1.96 bits per heavy atom. The molecule has 0 spiro atoms. The van der Waals surface area contributed by atoms with E-state index in [1.165, 1.54) is 11.8 Å². The van der Waals surface area contributed by atoms with Gasteiger partial charge in [-0.3, -0.25) is 4.79 Å². The normalized spacial score (nSPS) is 10.5. The van der Waals surface area contributed by atoms with Crippen LogP contribution in [0.5, 0.6) is 5.75 Å². The monoisotopic (exact) mass is 419 g/mol. The molecule has 0 bridgehead atoms. The zero-order valence-electron chi connectivity index (χ0n) is 13.2. The van der Waals surface area contributed by atoms with Gasteiger partial charge in [-0.2, -0.15) is 0 Å². The van der Waals surface area contributed by atoms with E-state index in [1.54, 1.807) is 7.11 Å². The molecule has 0 atom stereocenters. The predicted octanol–water partition coefficient (Wildman–Crippen LogP) is 4.24. The Hall–Kier alpha value is -2.32. The van der Waals surface area contributed by atoms with Crippen LogP contribution in [0.1, 0.15) is 0 Å². The Kier molecular flexibility index (Phi) is 5.72. The van der Waals surface area contributed by atoms with Crippen molar-refractivity contribution in [3.05, 3.63) is 53.0 Å². The fourth-order valence-electron chi connectivity index (χ4n) is 1.99. The number of nitrogens with zero attached hydrogens (tertiary/aromatic N) is 2. The van der Waals surface area contributed by atoms with Crippen molar-refractivity contribution in [3.8, 4) is 17.2 Å². The highest BCUT2D eigenvalue weighted by atomic mass is 79.9. The molecule has 1 heterocycles. The number of aromatic nitrogens is 2. The maximum absolute atomic E-state index is 12.0. The van der Waals surface area contributed by atoms with E-state index in [0.29, 0.717) is 11.1 Å². The summed E-state index contributed by atoms with van der Waals surface area (Å²) >= 11 is 4.57. The van der Waals surface area contributed by atoms with E-state index >= 15 is 0 Å². The van der Waals surface area contributed by atoms with E-state index in [9.17, 15) is 4.79 Å². The van der Waals surface area contributed by atoms with E-state index in [2.05, 4.69) is 31.4 Å². The molecule has 0 radical (unpaired) electrons. The summed E-state index contributed by atoms with van der Waals surface area (Å²) in [7, 11) is 1.61. The molecule has 0 fully saturated rings. The lowest BCUT2D eigenvalue weighted by molar-refractivity contribution is -0.113. The van der Waals surface area contributed by atoms with Gasteiger partial charge in [0.25, 0.3) is 5.22 Å². The standard InChI is InChI=1S/C17H14BrN3O3S/c1-23-12-8-6-11(7-9-12)16-20-21-17(24-16)25-10-15(22)19-14-5-3-2-4-13(14)18/h2-9H,10H2,1H3,(H,19,22). The molecule has 3 aromatic rings. The van der Waals surface area contributed by atoms with E-state index < -0.39 is 0 Å². The van der Waals surface area contributed by atoms with E-state index in [0.717, 1.165) is 21.5 Å². The number of carbonyl (C=O) groups is 1. The van der Waals surface area contributed by atoms with E-state index in [4.69, 9.17) is 9.15 Å². The summed E-state index contributed by atoms with van der Waals surface area (Å²) in [4.78, 5) is 12.0. The maximum atomic E-state index is 12.0. The first-order valence-corrected chi connectivity index (χ1v) is 9.08. The van der Waals surface area contributed by atoms with E-state index in [1.807, 2.05) is 48.5 Å². The molecular weight excluding hydrogens is 406 g/mol. The summed E-state index contributed by atoms with van der Waals surface area (Å²) in [6.45, 7) is 0. The zero-order valence-corrected chi connectivity index (χ0v) is 15.6. The van der Waals surface area contributed by atoms with Crippen molar-refractivity contribution < 1.29 is 13.9 Å². The number of hydrogen-bond acceptors (Lipinski definition) is 6. The highest BCUT2D eigenvalue weighted by Crippen LogP contribution is 2.25. The number of benzene rings is 2. The second-order valence-electron chi connectivity index (χ2n) is 4.92. The summed E-state index contributed by atoms with van der Waals surface area (Å²) in [5.41, 5.74) is 1.51. The summed E-state index contributed by atoms with van der Waals surface area (Å²) in [5.74, 6) is 1.17. The summed E-state index contributed by atoms with van der Waals surface area (Å²) in [5, 5.41) is 11.1. The molecule has 25 heavy (non-hydrogen) atoms. The number of ether oxygens (including phenoxy) is 1. The fourth-order valence-corrected chi connectivity index (χ4v) is 2.94. The maximum Gasteiger partial charge on any atom is 0.277 e. The molecular formula is C17H14BrN3O3S. The molecule has 1 aromatic heterocycles. The smallest absolute Gasteiger partial charge is 0.277 e. The fraction of sp³-hybridized carbons (Fsp3) is 0.118. The molecule has 0 aliphatic rings. The van der Waals surface area contributed by atoms with Gasteiger partial charge in [0.2, 0.25) is 11.8 Å². The van der Waals surface area contributed by atoms with Crippen LogP contribution in [0.4, 0.5) is 5.69 Å². The van der Waals surface area contributed by atoms with Gasteiger partial charge in [0, 0.05) is 10.0 Å². The molecule has 1 amide bonds. The minimum atomic E-state index is -0.152. The predicted molar refractivity (Wildman–Crippen MR) is 99.8 cm³/mol. The highest BCUT2D eigenvalue weighted by molar-refractivity contribution is 9.10. The lowest BCUT2D eigenvalue weighted by Crippen LogP contribution is -2.14. The second-order valence-corrected chi connectivity index (χ2v) is 6.70. The number of methoxy groups -OCH3 is 1. The number of nitrogens with one attached hydrogen (secondary N) is 1. The molecule has 3 rings (SSSR count). The van der Waals surface area contributed by atoms with Gasteiger partial charge in [0.05, 0.1) is 18.6 Å². The molecule has 2 aromatic carbocycles. The number of thioether (sulfide) groups is 1. The SMILES string of the molecule is COc1ccc(-c2nnc(SCC(=O)Nc3ccccc3Br)o2)cc1. The minimum absolute atomic E-state index is 0.152. The van der Waals surface area contributed by atoms with Crippen LogP contribution in [0.3, 0.4) is 0 Å². The van der Waals surface area contributed by atoms with Crippen molar-refractivity contribution in [3.63, 3.8) is 0 Å². The van der Waals surface area contributed by atoms with Gasteiger partial charge < -0.3 is 14.5 Å². The van der Waals surface area contributed by atoms with Crippen molar-refractivity contribution in [2.45, 2.75) is 5.22 Å². The third kappa shape index (κ3) is 4.61. The first-order chi connectivity index (χ1) is 12.2. The van der Waals surface area contributed by atoms with Crippen LogP contribution < -0.4 is 10.1 Å². The molecule has 0 aliphatic heterocycles. The number of anilines is 1. The van der Waals surface area contributed by atoms with Gasteiger partial charge in [-0.25, -0.2) is 0 Å². The van der Waals surface area contributed by atoms with Crippen molar-refractivity contribution >= 4 is 39.3 Å². The first kappa shape index (κ1) is 17.5. The average Bonchev–Trinajstić information content (AvgIpc) is 3.11. The van der Waals surface area contributed by atoms with Gasteiger partial charge in [-0.1, -0.05) is 23.9 Å². The Balaban J connectivity index is 1.58. The Labute approximate surface area is 157 Å². The zero-order chi connectivity index (χ0) is 17.6. The van der Waals surface area contributed by atoms with Crippen molar-refractivity contribution in [2.75, 3.05) is 18.2 Å². The Morgan fingerprint density at radius 1 is 1.20 bits per heavy atom. The topological polar surface area (TPSA) is 77.2 Å². The van der Waals surface area contributed by atoms with Crippen LogP contribution in [0.15, 0.2) is 62.6 Å². The van der Waals surface area contributed by atoms with Crippen molar-refractivity contribution in [1.29, 1.82) is 0 Å². The molecule has 128 valence electrons. The number of rotatable bonds is 6. The summed E-state index contributed by atoms with van der Waals surface area (Å²) in [6.07, 6.45) is 0. The lowest BCUT2D eigenvalue weighted by atomic mass is 10.2. The minimum Gasteiger partial charge on any atom is -0.497 e. The Bertz CT molecular complexity index is 868. The lowest BCUT2D eigenvalue weighted by Gasteiger charge is -2.05. The summed E-state index contributed by atoms with van der Waals surface area (Å²) in [6, 6.07) is 14.7. The summed E-state index contributed by atoms with van der Waals surface area (Å²) < 4.78 is 11.5. The first-order valence-electron chi connectivity index (χ1n) is 7.31. The van der Waals surface area contributed by atoms with Crippen LogP contribution >= 0.6 is 27.7 Å². The van der Waals surface area contributed by atoms with Gasteiger partial charge in [0.1, 0.15) is 5.75 Å². The molecule has 8 heteroatoms. The molecule has 0 aliphatic carbocycles. The third-order valence-corrected chi connectivity index (χ3v) is 4.73. The largest absolute Gasteiger partial charge is 0.497 e. The quantitative estimate of drug-likeness (QED) is 0.602. The number of halogens is 1. The molecule has 0 saturated carbocycles. The number of amides is 1. The molecule has 0 unspecified atom stereocenters. The van der Waals surface area contributed by atoms with E-state index in [-0.39, 0.29) is 11.7 Å². The third-order valence-electron chi connectivity index (χ3n) is 3.22. The molecule has 0 saturated heterocycles. The Morgan fingerprint density at radius 3 is 2.68 bits per heavy atom. The molecule has 1 N–H and O–H groups in total. The van der Waals surface area contributed by atoms with Crippen molar-refractivity contribution in [2.24, 2.45) is 0 Å². The van der Waals surface area contributed by atoms with Gasteiger partial charge in [0.15, 0.2) is 0 Å². The van der Waals surface area contributed by atoms with Crippen molar-refractivity contribution in [1.82, 2.24) is 10.2 Å². The van der Waals surface area contributed by atoms with Crippen LogP contribution in [-0.4, -0.2) is 29.0 Å². The average molecular weight is 420 g/mol. The highest BCUT2D eigenvalue weighted by Gasteiger charge is 2.12. The number of carbonyl (C=O) groups excluding carboxylic acids is 1. The van der Waals surface area contributed by atoms with Gasteiger partial charge >= 0.3 is 0 Å². The van der Waals surface area contributed by atoms with Crippen LogP contribution in [0.25, 0.3) is 11.5 Å². The number of para-hydroxylation sites is 1. The molecule has 6 nitrogen and oxygen atoms in total. The van der Waals surface area contributed by atoms with Gasteiger partial charge in [-0.05, 0) is 52.3 Å². The van der Waals surface area contributed by atoms with Gasteiger partial charge in [-0.15, -0.1) is 10.2 Å². The van der Waals surface area contributed by atoms with Crippen LogP contribution in [0, 0.1) is 0 Å². The second kappa shape index (κ2) is 8.17. The van der Waals surface area contributed by atoms with Crippen LogP contribution in [-0.2, 0) is 4.79 Å². The number of hydrogen-bond donors (Lipinski definition) is 1. The van der Waals surface area contributed by atoms with Crippen LogP contribution in [0.2, 0.25) is 0 Å².